The van der Waals surface area contributed by atoms with Crippen LogP contribution in [-0.4, -0.2) is 48.9 Å². The van der Waals surface area contributed by atoms with E-state index < -0.39 is 14.2 Å². The molecule has 2 heterocycles. The number of carbonyl (C=O) groups excluding carboxylic acids is 2. The zero-order valence-corrected chi connectivity index (χ0v) is 38.1. The molecule has 12 heteroatoms. The quantitative estimate of drug-likeness (QED) is 0.0396. The summed E-state index contributed by atoms with van der Waals surface area (Å²) in [5, 5.41) is 18.6. The Morgan fingerprint density at radius 3 is 2.37 bits per heavy atom. The Bertz CT molecular complexity index is 2620. The molecule has 11 nitrogen and oxygen atoms in total. The van der Waals surface area contributed by atoms with Gasteiger partial charge in [-0.2, -0.15) is 0 Å². The second kappa shape index (κ2) is 19.8. The average molecular weight is 856 g/mol. The molecule has 6 N–H and O–H groups in total. The number of phenolic OH excluding ortho intramolecular Hbond substituents is 1. The third-order valence-electron chi connectivity index (χ3n) is 12.1. The van der Waals surface area contributed by atoms with Crippen molar-refractivity contribution in [3.63, 3.8) is 0 Å². The molecule has 0 saturated heterocycles. The molecule has 0 saturated carbocycles. The summed E-state index contributed by atoms with van der Waals surface area (Å²) in [5.74, 6) is 0.0560. The number of ether oxygens (including phenoxy) is 1. The fourth-order valence-electron chi connectivity index (χ4n) is 7.70. The molecule has 0 fully saturated rings. The third kappa shape index (κ3) is 11.1. The predicted molar refractivity (Wildman–Crippen MR) is 252 cm³/mol. The van der Waals surface area contributed by atoms with E-state index in [1.165, 1.54) is 12.3 Å². The number of aromatic amines is 1. The Labute approximate surface area is 365 Å². The number of H-pyrrole nitrogens is 1. The minimum absolute atomic E-state index is 0.0300. The third-order valence-corrected chi connectivity index (χ3v) is 16.6. The van der Waals surface area contributed by atoms with Crippen molar-refractivity contribution in [3.8, 4) is 11.5 Å². The van der Waals surface area contributed by atoms with Crippen molar-refractivity contribution in [2.45, 2.75) is 103 Å². The summed E-state index contributed by atoms with van der Waals surface area (Å²) >= 11 is 0. The Hall–Kier alpha value is -5.98. The summed E-state index contributed by atoms with van der Waals surface area (Å²) in [5.41, 5.74) is 12.9. The van der Waals surface area contributed by atoms with Gasteiger partial charge in [0, 0.05) is 46.9 Å². The van der Waals surface area contributed by atoms with E-state index in [2.05, 4.69) is 60.5 Å². The number of pyridine rings is 2. The molecule has 0 bridgehead atoms. The first kappa shape index (κ1) is 45.5. The number of aromatic nitrogens is 2. The number of primary amides is 1. The van der Waals surface area contributed by atoms with E-state index in [4.69, 9.17) is 14.9 Å². The highest BCUT2D eigenvalue weighted by Crippen LogP contribution is 2.43. The van der Waals surface area contributed by atoms with Crippen molar-refractivity contribution in [2.75, 3.05) is 19.0 Å². The molecule has 6 rings (SSSR count). The predicted octanol–water partition coefficient (Wildman–Crippen LogP) is 10.8. The molecule has 62 heavy (non-hydrogen) atoms. The zero-order chi connectivity index (χ0) is 44.6. The Morgan fingerprint density at radius 2 is 1.63 bits per heavy atom. The number of aryl methyl sites for hydroxylation is 1. The van der Waals surface area contributed by atoms with Gasteiger partial charge in [-0.3, -0.25) is 19.4 Å². The minimum atomic E-state index is -2.13. The first-order valence-electron chi connectivity index (χ1n) is 21.6. The number of carbonyl (C=O) groups is 2. The highest BCUT2D eigenvalue weighted by atomic mass is 28.4. The van der Waals surface area contributed by atoms with Crippen molar-refractivity contribution in [2.24, 2.45) is 5.73 Å². The molecule has 0 aliphatic carbocycles. The largest absolute Gasteiger partial charge is 0.506 e. The van der Waals surface area contributed by atoms with E-state index in [9.17, 15) is 19.5 Å². The van der Waals surface area contributed by atoms with Crippen LogP contribution in [0.5, 0.6) is 11.5 Å². The number of fused-ring (bicyclic) bond motifs is 2. The summed E-state index contributed by atoms with van der Waals surface area (Å²) in [6.45, 7) is 13.8. The average Bonchev–Trinajstić information content (AvgIpc) is 3.22. The molecule has 6 aromatic rings. The number of nitrogens with one attached hydrogen (secondary N) is 3. The smallest absolute Gasteiger partial charge is 0.252 e. The molecular weight excluding hydrogens is 795 g/mol. The van der Waals surface area contributed by atoms with E-state index in [-0.39, 0.29) is 33.9 Å². The van der Waals surface area contributed by atoms with Crippen LogP contribution in [0.2, 0.25) is 18.1 Å². The van der Waals surface area contributed by atoms with Crippen LogP contribution in [0.1, 0.15) is 115 Å². The number of phenols is 1. The molecular formula is C50H61N5O6Si. The summed E-state index contributed by atoms with van der Waals surface area (Å²) in [6.07, 6.45) is 8.90. The summed E-state index contributed by atoms with van der Waals surface area (Å²) in [6, 6.07) is 26.2. The van der Waals surface area contributed by atoms with Crippen LogP contribution in [0.25, 0.3) is 21.8 Å². The number of unbranched alkanes of at least 4 members (excludes halogenated alkanes) is 5. The van der Waals surface area contributed by atoms with Gasteiger partial charge >= 0.3 is 0 Å². The number of hydrogen-bond donors (Lipinski definition) is 5. The van der Waals surface area contributed by atoms with Gasteiger partial charge in [-0.15, -0.1) is 0 Å². The van der Waals surface area contributed by atoms with Crippen LogP contribution in [0.15, 0.2) is 95.9 Å². The summed E-state index contributed by atoms with van der Waals surface area (Å²) < 4.78 is 12.4. The molecule has 4 aromatic carbocycles. The number of anilines is 2. The fraction of sp³-hybridized carbons (Fsp3) is 0.360. The van der Waals surface area contributed by atoms with Crippen LogP contribution in [0.3, 0.4) is 0 Å². The van der Waals surface area contributed by atoms with Crippen LogP contribution in [0.4, 0.5) is 11.4 Å². The lowest BCUT2D eigenvalue weighted by atomic mass is 9.97. The number of hydrogen-bond acceptors (Lipinski definition) is 8. The van der Waals surface area contributed by atoms with Crippen molar-refractivity contribution in [1.82, 2.24) is 15.3 Å². The van der Waals surface area contributed by atoms with Gasteiger partial charge in [-0.25, -0.2) is 0 Å². The van der Waals surface area contributed by atoms with Crippen LogP contribution >= 0.6 is 0 Å². The van der Waals surface area contributed by atoms with Crippen molar-refractivity contribution >= 4 is 53.3 Å². The number of aromatic hydroxyl groups is 1. The highest BCUT2D eigenvalue weighted by molar-refractivity contribution is 6.74. The molecule has 0 aliphatic rings. The normalized spacial score (nSPS) is 12.4. The lowest BCUT2D eigenvalue weighted by Crippen LogP contribution is -2.41. The molecule has 2 amide bonds. The number of benzene rings is 4. The van der Waals surface area contributed by atoms with E-state index >= 15 is 0 Å². The molecule has 326 valence electrons. The lowest BCUT2D eigenvalue weighted by molar-refractivity contribution is 0.0951. The second-order valence-electron chi connectivity index (χ2n) is 17.8. The van der Waals surface area contributed by atoms with Crippen molar-refractivity contribution in [1.29, 1.82) is 0 Å². The molecule has 0 radical (unpaired) electrons. The van der Waals surface area contributed by atoms with E-state index in [0.29, 0.717) is 35.5 Å². The number of methoxy groups -OCH3 is 1. The number of nitrogens with two attached hydrogens (primary N) is 1. The monoisotopic (exact) mass is 855 g/mol. The maximum Gasteiger partial charge on any atom is 0.252 e. The first-order chi connectivity index (χ1) is 29.5. The first-order valence-corrected chi connectivity index (χ1v) is 24.5. The van der Waals surface area contributed by atoms with Crippen molar-refractivity contribution < 1.29 is 23.9 Å². The topological polar surface area (TPSA) is 169 Å². The van der Waals surface area contributed by atoms with Gasteiger partial charge in [-0.05, 0) is 109 Å². The summed E-state index contributed by atoms with van der Waals surface area (Å²) in [4.78, 5) is 45.3. The SMILES string of the molecule is COc1cccc(Nc2c(C(N)=O)cnc3c(C)cc(Cc4cccc(C(=O)NCCCCCCCC[C@H](O[Si](C)(C)C(C)(C)C)c5ccc(O)c6[nH]c(=O)ccc56)c4)cc23)c1. The maximum absolute atomic E-state index is 13.3. The summed E-state index contributed by atoms with van der Waals surface area (Å²) in [7, 11) is -0.524. The fourth-order valence-corrected chi connectivity index (χ4v) is 9.01. The van der Waals surface area contributed by atoms with Crippen molar-refractivity contribution in [3.05, 3.63) is 135 Å². The van der Waals surface area contributed by atoms with E-state index in [0.717, 1.165) is 89.2 Å². The van der Waals surface area contributed by atoms with E-state index in [1.807, 2.05) is 67.6 Å². The highest BCUT2D eigenvalue weighted by Gasteiger charge is 2.39. The van der Waals surface area contributed by atoms with Gasteiger partial charge in [0.05, 0.1) is 35.5 Å². The minimum Gasteiger partial charge on any atom is -0.506 e. The van der Waals surface area contributed by atoms with Gasteiger partial charge < -0.3 is 35.6 Å². The lowest BCUT2D eigenvalue weighted by Gasteiger charge is -2.39. The number of rotatable bonds is 19. The van der Waals surface area contributed by atoms with Crippen LogP contribution in [-0.2, 0) is 10.8 Å². The van der Waals surface area contributed by atoms with Gasteiger partial charge in [-0.1, -0.05) is 83.2 Å². The number of nitrogens with zero attached hydrogens (tertiary/aromatic N) is 1. The van der Waals surface area contributed by atoms with Crippen LogP contribution < -0.4 is 26.7 Å². The molecule has 1 atom stereocenters. The molecule has 0 spiro atoms. The van der Waals surface area contributed by atoms with Gasteiger partial charge in [0.1, 0.15) is 11.5 Å². The Balaban J connectivity index is 1.01. The second-order valence-corrected chi connectivity index (χ2v) is 22.5. The Morgan fingerprint density at radius 1 is 0.887 bits per heavy atom. The molecule has 0 unspecified atom stereocenters. The van der Waals surface area contributed by atoms with Gasteiger partial charge in [0.25, 0.3) is 11.8 Å². The number of amides is 2. The van der Waals surface area contributed by atoms with Gasteiger partial charge in [0.2, 0.25) is 5.56 Å². The molecule has 0 aliphatic heterocycles. The van der Waals surface area contributed by atoms with E-state index in [1.54, 1.807) is 19.2 Å². The molecule has 2 aromatic heterocycles. The Kier molecular flexibility index (Phi) is 14.6. The maximum atomic E-state index is 13.3. The van der Waals surface area contributed by atoms with Crippen LogP contribution in [0, 0.1) is 6.92 Å². The van der Waals surface area contributed by atoms with Gasteiger partial charge in [0.15, 0.2) is 8.32 Å². The standard InChI is InChI=1S/C50H61N5O6Si/c1-32-26-34(29-40-45(32)53-31-41(48(51)58)46(40)54-36-18-15-19-37(30-36)60-5)27-33-16-14-17-35(28-33)49(59)52-25-13-11-9-8-10-12-20-43(61-62(6,7)50(2,3)4)38-21-23-42(56)47-39(38)22-24-44(57)55-47/h14-19,21-24,26,28-31,43,56H,8-13,20,25,27H2,1-7H3,(H2,51,58)(H,52,59)(H,53,54)(H,55,57)/t43-/m0/s1. The zero-order valence-electron chi connectivity index (χ0n) is 37.1.